The van der Waals surface area contributed by atoms with E-state index in [0.29, 0.717) is 31.6 Å². The highest BCUT2D eigenvalue weighted by atomic mass is 127. The van der Waals surface area contributed by atoms with Crippen molar-refractivity contribution < 1.29 is 9.53 Å². The number of amides is 1. The van der Waals surface area contributed by atoms with Crippen molar-refractivity contribution in [3.63, 3.8) is 0 Å². The van der Waals surface area contributed by atoms with Gasteiger partial charge >= 0.3 is 0 Å². The third-order valence-corrected chi connectivity index (χ3v) is 6.46. The Morgan fingerprint density at radius 1 is 1.34 bits per heavy atom. The number of hydrogen-bond acceptors (Lipinski definition) is 5. The Balaban J connectivity index is 1.48. The molecule has 148 valence electrons. The van der Waals surface area contributed by atoms with Crippen molar-refractivity contribution in [2.24, 2.45) is 0 Å². The number of aromatic nitrogens is 3. The highest BCUT2D eigenvalue weighted by Crippen LogP contribution is 2.37. The van der Waals surface area contributed by atoms with Gasteiger partial charge in [-0.1, -0.05) is 6.07 Å². The monoisotopic (exact) mass is 501 g/mol. The number of benzene rings is 1. The van der Waals surface area contributed by atoms with Crippen molar-refractivity contribution in [2.45, 2.75) is 24.8 Å². The Hall–Kier alpha value is -2.67. The topological polar surface area (TPSA) is 84.0 Å². The lowest BCUT2D eigenvalue weighted by Crippen LogP contribution is -2.45. The van der Waals surface area contributed by atoms with Gasteiger partial charge < -0.3 is 9.64 Å². The molecule has 3 heterocycles. The van der Waals surface area contributed by atoms with Crippen molar-refractivity contribution in [3.05, 3.63) is 51.9 Å². The van der Waals surface area contributed by atoms with E-state index in [9.17, 15) is 10.1 Å². The van der Waals surface area contributed by atoms with Crippen LogP contribution < -0.4 is 4.74 Å². The summed E-state index contributed by atoms with van der Waals surface area (Å²) >= 11 is 2.22. The average Bonchev–Trinajstić information content (AvgIpc) is 3.17. The number of piperidine rings is 1. The number of nitriles is 1. The first kappa shape index (κ1) is 19.6. The van der Waals surface area contributed by atoms with Gasteiger partial charge in [0.05, 0.1) is 28.4 Å². The summed E-state index contributed by atoms with van der Waals surface area (Å²) in [6.45, 7) is 1.22. The second-order valence-corrected chi connectivity index (χ2v) is 8.30. The van der Waals surface area contributed by atoms with Crippen LogP contribution in [0.15, 0.2) is 42.7 Å². The van der Waals surface area contributed by atoms with E-state index in [1.165, 1.54) is 0 Å². The number of fused-ring (bicyclic) bond motifs is 1. The van der Waals surface area contributed by atoms with Crippen LogP contribution >= 0.6 is 22.6 Å². The summed E-state index contributed by atoms with van der Waals surface area (Å²) < 4.78 is 8.06. The number of carbonyl (C=O) groups excluding carboxylic acids is 1. The number of hydrogen-bond donors (Lipinski definition) is 0. The molecule has 1 fully saturated rings. The molecule has 0 radical (unpaired) electrons. The summed E-state index contributed by atoms with van der Waals surface area (Å²) in [7, 11) is 1.63. The molecule has 0 saturated carbocycles. The molecule has 7 nitrogen and oxygen atoms in total. The summed E-state index contributed by atoms with van der Waals surface area (Å²) in [5, 5.41) is 15.2. The Kier molecular flexibility index (Phi) is 5.41. The molecule has 0 atom stereocenters. The van der Waals surface area contributed by atoms with E-state index in [-0.39, 0.29) is 12.5 Å². The highest BCUT2D eigenvalue weighted by molar-refractivity contribution is 14.1. The van der Waals surface area contributed by atoms with Crippen LogP contribution in [-0.2, 0) is 16.8 Å². The zero-order valence-corrected chi connectivity index (χ0v) is 18.2. The molecule has 1 aliphatic heterocycles. The van der Waals surface area contributed by atoms with Crippen molar-refractivity contribution in [1.82, 2.24) is 19.7 Å². The van der Waals surface area contributed by atoms with E-state index < -0.39 is 5.41 Å². The largest absolute Gasteiger partial charge is 0.496 e. The molecule has 1 aromatic carbocycles. The molecule has 1 saturated heterocycles. The smallest absolute Gasteiger partial charge is 0.244 e. The van der Waals surface area contributed by atoms with Crippen LogP contribution in [0.2, 0.25) is 0 Å². The standard InChI is InChI=1S/C21H20IN5O2/c1-29-18-11-16(4-5-17(18)22)21(14-23)6-9-26(10-7-21)19(28)13-27-20-15(12-25-27)3-2-8-24-20/h2-5,8,11-12H,6-7,9-10,13H2,1H3. The van der Waals surface area contributed by atoms with Gasteiger partial charge in [0, 0.05) is 24.7 Å². The summed E-state index contributed by atoms with van der Waals surface area (Å²) in [5.41, 5.74) is 1.05. The molecule has 1 amide bonds. The van der Waals surface area contributed by atoms with Crippen LogP contribution in [0, 0.1) is 14.9 Å². The van der Waals surface area contributed by atoms with E-state index in [4.69, 9.17) is 4.74 Å². The normalized spacial score (nSPS) is 15.8. The maximum Gasteiger partial charge on any atom is 0.244 e. The molecular formula is C21H20IN5O2. The fourth-order valence-electron chi connectivity index (χ4n) is 3.82. The maximum atomic E-state index is 12.8. The van der Waals surface area contributed by atoms with Crippen LogP contribution in [0.4, 0.5) is 0 Å². The number of carbonyl (C=O) groups is 1. The molecule has 8 heteroatoms. The number of nitrogens with zero attached hydrogens (tertiary/aromatic N) is 5. The number of rotatable bonds is 4. The van der Waals surface area contributed by atoms with Gasteiger partial charge in [-0.3, -0.25) is 4.79 Å². The average molecular weight is 501 g/mol. The Bertz CT molecular complexity index is 1100. The zero-order chi connectivity index (χ0) is 20.4. The lowest BCUT2D eigenvalue weighted by Gasteiger charge is -2.37. The number of likely N-dealkylation sites (tertiary alicyclic amines) is 1. The van der Waals surface area contributed by atoms with Gasteiger partial charge in [-0.25, -0.2) is 9.67 Å². The minimum atomic E-state index is -0.603. The van der Waals surface area contributed by atoms with Crippen molar-refractivity contribution in [1.29, 1.82) is 5.26 Å². The Morgan fingerprint density at radius 2 is 2.14 bits per heavy atom. The fourth-order valence-corrected chi connectivity index (χ4v) is 4.37. The molecule has 0 unspecified atom stereocenters. The quantitative estimate of drug-likeness (QED) is 0.513. The molecule has 0 bridgehead atoms. The molecule has 1 aliphatic rings. The molecule has 4 rings (SSSR count). The van der Waals surface area contributed by atoms with E-state index >= 15 is 0 Å². The first-order chi connectivity index (χ1) is 14.1. The third kappa shape index (κ3) is 3.67. The molecule has 2 aromatic heterocycles. The van der Waals surface area contributed by atoms with Gasteiger partial charge in [0.15, 0.2) is 5.65 Å². The van der Waals surface area contributed by atoms with Crippen LogP contribution in [-0.4, -0.2) is 45.8 Å². The summed E-state index contributed by atoms with van der Waals surface area (Å²) in [6.07, 6.45) is 4.60. The minimum Gasteiger partial charge on any atom is -0.496 e. The number of pyridine rings is 1. The third-order valence-electron chi connectivity index (χ3n) is 5.57. The van der Waals surface area contributed by atoms with Gasteiger partial charge in [0.2, 0.25) is 5.91 Å². The molecule has 3 aromatic rings. The summed E-state index contributed by atoms with van der Waals surface area (Å²) in [4.78, 5) is 19.0. The predicted molar refractivity (Wildman–Crippen MR) is 116 cm³/mol. The van der Waals surface area contributed by atoms with E-state index in [2.05, 4.69) is 38.7 Å². The lowest BCUT2D eigenvalue weighted by molar-refractivity contribution is -0.133. The summed E-state index contributed by atoms with van der Waals surface area (Å²) in [5.74, 6) is 0.765. The molecule has 0 aliphatic carbocycles. The highest BCUT2D eigenvalue weighted by Gasteiger charge is 2.38. The second kappa shape index (κ2) is 7.99. The lowest BCUT2D eigenvalue weighted by atomic mass is 9.74. The number of halogens is 1. The number of ether oxygens (including phenoxy) is 1. The van der Waals surface area contributed by atoms with Crippen LogP contribution in [0.3, 0.4) is 0 Å². The SMILES string of the molecule is COc1cc(C2(C#N)CCN(C(=O)Cn3ncc4cccnc43)CC2)ccc1I. The van der Waals surface area contributed by atoms with Crippen molar-refractivity contribution in [3.8, 4) is 11.8 Å². The van der Waals surface area contributed by atoms with E-state index in [1.807, 2.05) is 35.2 Å². The Labute approximate surface area is 182 Å². The zero-order valence-electron chi connectivity index (χ0n) is 16.0. The first-order valence-corrected chi connectivity index (χ1v) is 10.4. The molecule has 0 N–H and O–H groups in total. The fraction of sp³-hybridized carbons (Fsp3) is 0.333. The summed E-state index contributed by atoms with van der Waals surface area (Å²) in [6, 6.07) is 12.2. The van der Waals surface area contributed by atoms with Gasteiger partial charge in [0.25, 0.3) is 0 Å². The second-order valence-electron chi connectivity index (χ2n) is 7.14. The van der Waals surface area contributed by atoms with Crippen molar-refractivity contribution in [2.75, 3.05) is 20.2 Å². The molecule has 29 heavy (non-hydrogen) atoms. The maximum absolute atomic E-state index is 12.8. The molecular weight excluding hydrogens is 481 g/mol. The van der Waals surface area contributed by atoms with Crippen LogP contribution in [0.5, 0.6) is 5.75 Å². The number of methoxy groups -OCH3 is 1. The van der Waals surface area contributed by atoms with Gasteiger partial charge in [-0.2, -0.15) is 10.4 Å². The van der Waals surface area contributed by atoms with Crippen molar-refractivity contribution >= 4 is 39.5 Å². The van der Waals surface area contributed by atoms with Gasteiger partial charge in [0.1, 0.15) is 12.3 Å². The minimum absolute atomic E-state index is 0.00705. The molecule has 0 spiro atoms. The van der Waals surface area contributed by atoms with Gasteiger partial charge in [-0.05, 0) is 65.3 Å². The van der Waals surface area contributed by atoms with E-state index in [0.717, 1.165) is 20.3 Å². The first-order valence-electron chi connectivity index (χ1n) is 9.36. The van der Waals surface area contributed by atoms with E-state index in [1.54, 1.807) is 24.2 Å². The van der Waals surface area contributed by atoms with Crippen LogP contribution in [0.1, 0.15) is 18.4 Å². The Morgan fingerprint density at radius 3 is 2.86 bits per heavy atom. The van der Waals surface area contributed by atoms with Crippen LogP contribution in [0.25, 0.3) is 11.0 Å². The van der Waals surface area contributed by atoms with Gasteiger partial charge in [-0.15, -0.1) is 0 Å². The predicted octanol–water partition coefficient (Wildman–Crippen LogP) is 3.13.